The first kappa shape index (κ1) is 15.5. The monoisotopic (exact) mass is 311 g/mol. The van der Waals surface area contributed by atoms with Crippen molar-refractivity contribution in [2.45, 2.75) is 43.8 Å². The third-order valence-corrected chi connectivity index (χ3v) is 5.11. The zero-order valence-electron chi connectivity index (χ0n) is 13.2. The van der Waals surface area contributed by atoms with Gasteiger partial charge in [-0.05, 0) is 50.9 Å². The van der Waals surface area contributed by atoms with E-state index < -0.39 is 5.91 Å². The van der Waals surface area contributed by atoms with E-state index in [9.17, 15) is 4.79 Å². The van der Waals surface area contributed by atoms with Crippen LogP contribution in [-0.2, 0) is 4.79 Å². The Kier molecular flexibility index (Phi) is 4.05. The van der Waals surface area contributed by atoms with Crippen LogP contribution in [0.3, 0.4) is 0 Å². The maximum atomic E-state index is 12.4. The van der Waals surface area contributed by atoms with E-state index in [0.717, 1.165) is 12.8 Å². The Bertz CT molecular complexity index is 679. The van der Waals surface area contributed by atoms with E-state index in [4.69, 9.17) is 16.4 Å². The molecule has 3 rings (SSSR count). The van der Waals surface area contributed by atoms with Crippen LogP contribution < -0.4 is 11.1 Å². The van der Waals surface area contributed by atoms with Crippen molar-refractivity contribution in [3.8, 4) is 6.07 Å². The zero-order chi connectivity index (χ0) is 16.6. The summed E-state index contributed by atoms with van der Waals surface area (Å²) in [7, 11) is 2.15. The van der Waals surface area contributed by atoms with Gasteiger partial charge in [0.1, 0.15) is 5.71 Å². The molecule has 0 spiro atoms. The van der Waals surface area contributed by atoms with Crippen LogP contribution >= 0.6 is 0 Å². The minimum atomic E-state index is -0.416. The van der Waals surface area contributed by atoms with Crippen molar-refractivity contribution in [1.82, 2.24) is 10.2 Å². The molecule has 2 fully saturated rings. The van der Waals surface area contributed by atoms with E-state index in [1.54, 1.807) is 12.1 Å². The normalized spacial score (nSPS) is 26.5. The van der Waals surface area contributed by atoms with Gasteiger partial charge in [0.05, 0.1) is 11.6 Å². The van der Waals surface area contributed by atoms with Crippen LogP contribution in [0.25, 0.3) is 0 Å². The van der Waals surface area contributed by atoms with Gasteiger partial charge in [0.2, 0.25) is 0 Å². The van der Waals surface area contributed by atoms with Gasteiger partial charge in [0.15, 0.2) is 0 Å². The van der Waals surface area contributed by atoms with Crippen LogP contribution in [0.5, 0.6) is 0 Å². The number of carbonyl (C=O) groups is 1. The highest BCUT2D eigenvalue weighted by molar-refractivity contribution is 6.45. The molecule has 2 aliphatic heterocycles. The molecule has 23 heavy (non-hydrogen) atoms. The first-order valence-corrected chi connectivity index (χ1v) is 7.91. The number of nitrogens with one attached hydrogen (secondary N) is 2. The molecule has 1 aromatic carbocycles. The van der Waals surface area contributed by atoms with Crippen molar-refractivity contribution in [3.05, 3.63) is 29.3 Å². The molecule has 6 nitrogen and oxygen atoms in total. The van der Waals surface area contributed by atoms with Gasteiger partial charge in [-0.15, -0.1) is 0 Å². The number of amides is 1. The SMILES string of the molecule is CN1C2CCC1CC(NC(=O)C(=N)c1cc(C#N)ccc1N)C2. The second kappa shape index (κ2) is 6.01. The number of rotatable bonds is 3. The van der Waals surface area contributed by atoms with Gasteiger partial charge < -0.3 is 16.0 Å². The van der Waals surface area contributed by atoms with Crippen molar-refractivity contribution < 1.29 is 4.79 Å². The number of benzene rings is 1. The second-order valence-corrected chi connectivity index (χ2v) is 6.48. The molecule has 4 N–H and O–H groups in total. The van der Waals surface area contributed by atoms with Gasteiger partial charge in [0, 0.05) is 29.4 Å². The number of nitriles is 1. The number of anilines is 1. The Hall–Kier alpha value is -2.39. The van der Waals surface area contributed by atoms with Gasteiger partial charge in [-0.25, -0.2) is 0 Å². The molecular formula is C17H21N5O. The quantitative estimate of drug-likeness (QED) is 0.577. The summed E-state index contributed by atoms with van der Waals surface area (Å²) < 4.78 is 0. The summed E-state index contributed by atoms with van der Waals surface area (Å²) in [5, 5.41) is 20.0. The van der Waals surface area contributed by atoms with E-state index in [2.05, 4.69) is 17.3 Å². The smallest absolute Gasteiger partial charge is 0.270 e. The van der Waals surface area contributed by atoms with E-state index in [0.29, 0.717) is 28.9 Å². The van der Waals surface area contributed by atoms with Gasteiger partial charge >= 0.3 is 0 Å². The van der Waals surface area contributed by atoms with Crippen molar-refractivity contribution in [2.24, 2.45) is 0 Å². The average Bonchev–Trinajstić information content (AvgIpc) is 2.76. The van der Waals surface area contributed by atoms with Gasteiger partial charge in [-0.3, -0.25) is 10.2 Å². The Morgan fingerprint density at radius 2 is 2.04 bits per heavy atom. The number of hydrogen-bond acceptors (Lipinski definition) is 5. The molecule has 2 unspecified atom stereocenters. The summed E-state index contributed by atoms with van der Waals surface area (Å²) in [4.78, 5) is 14.8. The molecule has 120 valence electrons. The van der Waals surface area contributed by atoms with Crippen molar-refractivity contribution in [1.29, 1.82) is 10.7 Å². The third-order valence-electron chi connectivity index (χ3n) is 5.11. The molecule has 1 aromatic rings. The minimum Gasteiger partial charge on any atom is -0.398 e. The number of nitrogen functional groups attached to an aromatic ring is 1. The molecule has 2 saturated heterocycles. The van der Waals surface area contributed by atoms with Crippen LogP contribution in [0.4, 0.5) is 5.69 Å². The number of hydrogen-bond donors (Lipinski definition) is 3. The second-order valence-electron chi connectivity index (χ2n) is 6.48. The molecule has 2 bridgehead atoms. The van der Waals surface area contributed by atoms with Crippen LogP contribution in [0.2, 0.25) is 0 Å². The number of fused-ring (bicyclic) bond motifs is 2. The van der Waals surface area contributed by atoms with E-state index in [-0.39, 0.29) is 11.8 Å². The van der Waals surface area contributed by atoms with Crippen molar-refractivity contribution in [2.75, 3.05) is 12.8 Å². The lowest BCUT2D eigenvalue weighted by atomic mass is 9.97. The highest BCUT2D eigenvalue weighted by Gasteiger charge is 2.39. The van der Waals surface area contributed by atoms with Crippen LogP contribution in [0.15, 0.2) is 18.2 Å². The Morgan fingerprint density at radius 1 is 1.39 bits per heavy atom. The van der Waals surface area contributed by atoms with Crippen LogP contribution in [0.1, 0.15) is 36.8 Å². The average molecular weight is 311 g/mol. The Balaban J connectivity index is 1.69. The number of carbonyl (C=O) groups excluding carboxylic acids is 1. The van der Waals surface area contributed by atoms with Crippen molar-refractivity contribution >= 4 is 17.3 Å². The predicted octanol–water partition coefficient (Wildman–Crippen LogP) is 1.25. The number of nitrogens with two attached hydrogens (primary N) is 1. The molecule has 2 aliphatic rings. The third kappa shape index (κ3) is 2.92. The lowest BCUT2D eigenvalue weighted by Crippen LogP contribution is -2.50. The molecule has 0 radical (unpaired) electrons. The summed E-state index contributed by atoms with van der Waals surface area (Å²) >= 11 is 0. The lowest BCUT2D eigenvalue weighted by Gasteiger charge is -2.36. The topological polar surface area (TPSA) is 106 Å². The summed E-state index contributed by atoms with van der Waals surface area (Å²) in [5.74, 6) is -0.416. The molecule has 2 atom stereocenters. The van der Waals surface area contributed by atoms with Crippen LogP contribution in [-0.4, -0.2) is 41.7 Å². The van der Waals surface area contributed by atoms with Gasteiger partial charge in [-0.2, -0.15) is 5.26 Å². The molecule has 1 amide bonds. The minimum absolute atomic E-state index is 0.108. The summed E-state index contributed by atoms with van der Waals surface area (Å²) in [6.07, 6.45) is 4.23. The van der Waals surface area contributed by atoms with Crippen LogP contribution in [0, 0.1) is 16.7 Å². The maximum absolute atomic E-state index is 12.4. The van der Waals surface area contributed by atoms with E-state index in [1.807, 2.05) is 6.07 Å². The first-order valence-electron chi connectivity index (χ1n) is 7.91. The fraction of sp³-hybridized carbons (Fsp3) is 0.471. The fourth-order valence-corrected chi connectivity index (χ4v) is 3.75. The van der Waals surface area contributed by atoms with Gasteiger partial charge in [-0.1, -0.05) is 0 Å². The molecule has 2 heterocycles. The maximum Gasteiger partial charge on any atom is 0.270 e. The lowest BCUT2D eigenvalue weighted by molar-refractivity contribution is -0.115. The molecule has 6 heteroatoms. The number of nitrogens with zero attached hydrogens (tertiary/aromatic N) is 2. The Morgan fingerprint density at radius 3 is 2.65 bits per heavy atom. The predicted molar refractivity (Wildman–Crippen MR) is 88.1 cm³/mol. The molecule has 0 saturated carbocycles. The highest BCUT2D eigenvalue weighted by atomic mass is 16.1. The largest absolute Gasteiger partial charge is 0.398 e. The summed E-state index contributed by atoms with van der Waals surface area (Å²) in [5.41, 5.74) is 6.73. The van der Waals surface area contributed by atoms with E-state index in [1.165, 1.54) is 18.9 Å². The zero-order valence-corrected chi connectivity index (χ0v) is 13.2. The van der Waals surface area contributed by atoms with Gasteiger partial charge in [0.25, 0.3) is 5.91 Å². The number of piperidine rings is 1. The molecule has 0 aliphatic carbocycles. The highest BCUT2D eigenvalue weighted by Crippen LogP contribution is 2.34. The summed E-state index contributed by atoms with van der Waals surface area (Å²) in [6.45, 7) is 0. The first-order chi connectivity index (χ1) is 11.0. The fourth-order valence-electron chi connectivity index (χ4n) is 3.75. The van der Waals surface area contributed by atoms with Crippen molar-refractivity contribution in [3.63, 3.8) is 0 Å². The summed E-state index contributed by atoms with van der Waals surface area (Å²) in [6, 6.07) is 7.81. The van der Waals surface area contributed by atoms with E-state index >= 15 is 0 Å². The molecular weight excluding hydrogens is 290 g/mol. The standard InChI is InChI=1S/C17H21N5O/c1-22-12-3-4-13(22)8-11(7-12)21-17(23)16(20)14-6-10(9-18)2-5-15(14)19/h2,5-6,11-13,20H,3-4,7-8,19H2,1H3,(H,21,23). The molecule has 0 aromatic heterocycles. The Labute approximate surface area is 135 Å².